The van der Waals surface area contributed by atoms with Gasteiger partial charge in [-0.15, -0.1) is 5.16 Å². The molecule has 0 saturated heterocycles. The molecule has 0 amide bonds. The molecule has 0 saturated carbocycles. The minimum Gasteiger partial charge on any atom is -0.455 e. The predicted molar refractivity (Wildman–Crippen MR) is 177 cm³/mol. The van der Waals surface area contributed by atoms with Crippen LogP contribution in [0.2, 0.25) is 0 Å². The zero-order valence-electron chi connectivity index (χ0n) is 25.1. The van der Waals surface area contributed by atoms with Crippen molar-refractivity contribution in [2.24, 2.45) is 5.16 Å². The molecule has 6 rings (SSSR count). The molecule has 11 nitrogen and oxygen atoms in total. The Balaban J connectivity index is 0.000000182. The first kappa shape index (κ1) is 32.5. The fourth-order valence-electron chi connectivity index (χ4n) is 5.33. The van der Waals surface area contributed by atoms with Crippen molar-refractivity contribution in [3.63, 3.8) is 0 Å². The van der Waals surface area contributed by atoms with E-state index in [-0.39, 0.29) is 17.4 Å². The van der Waals surface area contributed by atoms with Gasteiger partial charge in [0.25, 0.3) is 0 Å². The first-order valence-corrected chi connectivity index (χ1v) is 18.1. The van der Waals surface area contributed by atoms with Gasteiger partial charge < -0.3 is 14.7 Å². The number of ketones is 1. The zero-order chi connectivity index (χ0) is 32.9. The number of sulfonamides is 2. The van der Waals surface area contributed by atoms with Gasteiger partial charge >= 0.3 is 0 Å². The summed E-state index contributed by atoms with van der Waals surface area (Å²) in [6.45, 7) is 0. The van der Waals surface area contributed by atoms with Crippen molar-refractivity contribution >= 4 is 43.4 Å². The van der Waals surface area contributed by atoms with Crippen LogP contribution < -0.4 is 18.9 Å². The van der Waals surface area contributed by atoms with Gasteiger partial charge in [-0.2, -0.15) is 0 Å². The number of rotatable bonds is 9. The summed E-state index contributed by atoms with van der Waals surface area (Å²) in [7, 11) is -6.92. The Morgan fingerprint density at radius 1 is 0.739 bits per heavy atom. The SMILES string of the molecule is CS(=O)(=O)Nc1cc2c(cc1Oc1ccccc1)CCC2/C=N\O.CS(=O)(=O)Nc1cc2c(cc1Oc1ccccc1)CCC2=O. The lowest BCUT2D eigenvalue weighted by Crippen LogP contribution is -2.11. The molecule has 0 bridgehead atoms. The number of aryl methyl sites for hydroxylation is 2. The number of benzene rings is 4. The summed E-state index contributed by atoms with van der Waals surface area (Å²) >= 11 is 0. The van der Waals surface area contributed by atoms with Crippen LogP contribution in [0.1, 0.15) is 45.8 Å². The molecule has 0 spiro atoms. The smallest absolute Gasteiger partial charge is 0.229 e. The first-order valence-electron chi connectivity index (χ1n) is 14.3. The monoisotopic (exact) mass is 663 g/mol. The highest BCUT2D eigenvalue weighted by atomic mass is 32.2. The van der Waals surface area contributed by atoms with Crippen molar-refractivity contribution in [2.45, 2.75) is 31.6 Å². The molecule has 2 aliphatic rings. The van der Waals surface area contributed by atoms with Crippen molar-refractivity contribution in [3.05, 3.63) is 107 Å². The van der Waals surface area contributed by atoms with E-state index < -0.39 is 20.0 Å². The molecule has 1 unspecified atom stereocenters. The normalized spacial score (nSPS) is 15.4. The summed E-state index contributed by atoms with van der Waals surface area (Å²) in [5.74, 6) is 2.06. The third kappa shape index (κ3) is 8.43. The number of oxime groups is 1. The average Bonchev–Trinajstić information content (AvgIpc) is 3.55. The number of hydrogen-bond acceptors (Lipinski definition) is 9. The fraction of sp³-hybridized carbons (Fsp3) is 0.212. The van der Waals surface area contributed by atoms with Gasteiger partial charge in [0, 0.05) is 17.9 Å². The van der Waals surface area contributed by atoms with Crippen LogP contribution in [-0.2, 0) is 32.9 Å². The largest absolute Gasteiger partial charge is 0.455 e. The maximum absolute atomic E-state index is 11.8. The Hall–Kier alpha value is -4.88. The highest BCUT2D eigenvalue weighted by molar-refractivity contribution is 7.92. The molecule has 240 valence electrons. The van der Waals surface area contributed by atoms with Crippen LogP contribution in [-0.4, -0.2) is 46.6 Å². The van der Waals surface area contributed by atoms with Crippen LogP contribution in [0.15, 0.2) is 90.1 Å². The number of hydrogen-bond donors (Lipinski definition) is 3. The van der Waals surface area contributed by atoms with E-state index >= 15 is 0 Å². The van der Waals surface area contributed by atoms with Gasteiger partial charge in [0.1, 0.15) is 11.5 Å². The zero-order valence-corrected chi connectivity index (χ0v) is 26.8. The van der Waals surface area contributed by atoms with Gasteiger partial charge in [0.05, 0.1) is 30.1 Å². The summed E-state index contributed by atoms with van der Waals surface area (Å²) in [5.41, 5.74) is 4.10. The molecule has 13 heteroatoms. The van der Waals surface area contributed by atoms with Gasteiger partial charge in [0.2, 0.25) is 20.0 Å². The highest BCUT2D eigenvalue weighted by Gasteiger charge is 2.25. The molecule has 0 radical (unpaired) electrons. The number of nitrogens with one attached hydrogen (secondary N) is 2. The molecule has 0 aliphatic heterocycles. The van der Waals surface area contributed by atoms with Crippen molar-refractivity contribution in [3.8, 4) is 23.0 Å². The molecular weight excluding hydrogens is 631 g/mol. The molecular formula is C33H33N3O8S2. The van der Waals surface area contributed by atoms with Crippen LogP contribution in [0.5, 0.6) is 23.0 Å². The molecule has 4 aromatic carbocycles. The second-order valence-corrected chi connectivity index (χ2v) is 14.5. The molecule has 2 aliphatic carbocycles. The molecule has 0 heterocycles. The maximum Gasteiger partial charge on any atom is 0.229 e. The van der Waals surface area contributed by atoms with Crippen molar-refractivity contribution in [1.29, 1.82) is 0 Å². The summed E-state index contributed by atoms with van der Waals surface area (Å²) < 4.78 is 63.0. The summed E-state index contributed by atoms with van der Waals surface area (Å²) in [6, 6.07) is 25.2. The lowest BCUT2D eigenvalue weighted by molar-refractivity contribution is 0.0994. The van der Waals surface area contributed by atoms with E-state index in [0.717, 1.165) is 42.0 Å². The van der Waals surface area contributed by atoms with Gasteiger partial charge in [-0.1, -0.05) is 36.4 Å². The molecule has 1 atom stereocenters. The molecule has 46 heavy (non-hydrogen) atoms. The van der Waals surface area contributed by atoms with Gasteiger partial charge in [-0.05, 0) is 84.5 Å². The van der Waals surface area contributed by atoms with Gasteiger partial charge in [-0.3, -0.25) is 14.2 Å². The van der Waals surface area contributed by atoms with E-state index in [1.54, 1.807) is 42.5 Å². The molecule has 4 aromatic rings. The Kier molecular flexibility index (Phi) is 9.63. The van der Waals surface area contributed by atoms with Crippen molar-refractivity contribution in [2.75, 3.05) is 22.0 Å². The van der Waals surface area contributed by atoms with E-state index in [9.17, 15) is 21.6 Å². The lowest BCUT2D eigenvalue weighted by Gasteiger charge is -2.15. The summed E-state index contributed by atoms with van der Waals surface area (Å²) in [6.07, 6.45) is 6.35. The summed E-state index contributed by atoms with van der Waals surface area (Å²) in [4.78, 5) is 11.8. The first-order chi connectivity index (χ1) is 21.9. The number of anilines is 2. The van der Waals surface area contributed by atoms with Crippen molar-refractivity contribution < 1.29 is 36.3 Å². The lowest BCUT2D eigenvalue weighted by atomic mass is 10.0. The second kappa shape index (κ2) is 13.6. The predicted octanol–water partition coefficient (Wildman–Crippen LogP) is 6.32. The minimum absolute atomic E-state index is 0.0258. The molecule has 0 fully saturated rings. The summed E-state index contributed by atoms with van der Waals surface area (Å²) in [5, 5.41) is 11.9. The van der Waals surface area contributed by atoms with Crippen LogP contribution >= 0.6 is 0 Å². The van der Waals surface area contributed by atoms with E-state index in [1.165, 1.54) is 6.21 Å². The standard InChI is InChI=1S/C17H18N2O4S.C16H15NO4S/c1-24(21,22)19-16-10-15-12(7-8-13(15)11-18-20)9-17(16)23-14-5-3-2-4-6-14;1-22(19,20)17-14-10-13-11(7-8-15(13)18)9-16(14)21-12-5-3-2-4-6-12/h2-6,9-11,13,19-20H,7-8H2,1H3;2-6,9-10,17H,7-8H2,1H3/b18-11-;. The van der Waals surface area contributed by atoms with Gasteiger partial charge in [0.15, 0.2) is 17.3 Å². The quantitative estimate of drug-likeness (QED) is 0.107. The van der Waals surface area contributed by atoms with Crippen LogP contribution in [0.3, 0.4) is 0 Å². The van der Waals surface area contributed by atoms with E-state index in [2.05, 4.69) is 14.6 Å². The number of fused-ring (bicyclic) bond motifs is 2. The number of nitrogens with zero attached hydrogens (tertiary/aromatic N) is 1. The highest BCUT2D eigenvalue weighted by Crippen LogP contribution is 2.41. The molecule has 3 N–H and O–H groups in total. The minimum atomic E-state index is -3.47. The molecule has 0 aromatic heterocycles. The van der Waals surface area contributed by atoms with Crippen LogP contribution in [0.4, 0.5) is 11.4 Å². The average molecular weight is 664 g/mol. The van der Waals surface area contributed by atoms with Crippen LogP contribution in [0.25, 0.3) is 0 Å². The van der Waals surface area contributed by atoms with E-state index in [4.69, 9.17) is 14.7 Å². The third-order valence-corrected chi connectivity index (χ3v) is 8.45. The number of para-hydroxylation sites is 2. The van der Waals surface area contributed by atoms with E-state index in [1.807, 2.05) is 42.5 Å². The number of carbonyl (C=O) groups is 1. The number of Topliss-reactive ketones (excluding diaryl/α,β-unsaturated/α-hetero) is 1. The fourth-order valence-corrected chi connectivity index (χ4v) is 6.45. The maximum atomic E-state index is 11.8. The van der Waals surface area contributed by atoms with E-state index in [0.29, 0.717) is 47.1 Å². The second-order valence-electron chi connectivity index (χ2n) is 11.0. The number of carbonyl (C=O) groups excluding carboxylic acids is 1. The Morgan fingerprint density at radius 3 is 1.78 bits per heavy atom. The Labute approximate surface area is 268 Å². The van der Waals surface area contributed by atoms with Crippen molar-refractivity contribution in [1.82, 2.24) is 0 Å². The number of ether oxygens (including phenoxy) is 2. The topological polar surface area (TPSA) is 160 Å². The third-order valence-electron chi connectivity index (χ3n) is 7.27. The Bertz CT molecular complexity index is 1980. The van der Waals surface area contributed by atoms with Gasteiger partial charge in [-0.25, -0.2) is 16.8 Å². The Morgan fingerprint density at radius 2 is 1.26 bits per heavy atom. The van der Waals surface area contributed by atoms with Crippen LogP contribution in [0, 0.1) is 0 Å².